The molecule has 2 rings (SSSR count). The normalized spacial score (nSPS) is 10.6. The fourth-order valence-corrected chi connectivity index (χ4v) is 2.02. The Labute approximate surface area is 123 Å². The minimum atomic E-state index is -0.273. The second-order valence-electron chi connectivity index (χ2n) is 4.56. The first-order chi connectivity index (χ1) is 10.1. The zero-order valence-corrected chi connectivity index (χ0v) is 12.3. The number of carbonyl (C=O) groups excluding carboxylic acids is 1. The molecule has 0 fully saturated rings. The Balaban J connectivity index is 2.10. The zero-order valence-electron chi connectivity index (χ0n) is 12.3. The molecule has 2 aromatic rings. The third-order valence-corrected chi connectivity index (χ3v) is 3.16. The summed E-state index contributed by atoms with van der Waals surface area (Å²) >= 11 is 0. The van der Waals surface area contributed by atoms with Gasteiger partial charge in [0.15, 0.2) is 0 Å². The van der Waals surface area contributed by atoms with Crippen LogP contribution in [-0.4, -0.2) is 24.2 Å². The molecule has 0 radical (unpaired) electrons. The quantitative estimate of drug-likeness (QED) is 0.692. The number of hydrazone groups is 1. The van der Waals surface area contributed by atoms with E-state index in [0.29, 0.717) is 5.56 Å². The van der Waals surface area contributed by atoms with E-state index in [9.17, 15) is 4.79 Å². The number of hydrogen-bond donors (Lipinski definition) is 1. The van der Waals surface area contributed by atoms with Gasteiger partial charge in [0.1, 0.15) is 5.75 Å². The first-order valence-corrected chi connectivity index (χ1v) is 6.51. The number of amides is 1. The van der Waals surface area contributed by atoms with Crippen molar-refractivity contribution in [3.05, 3.63) is 58.9 Å². The van der Waals surface area contributed by atoms with Crippen LogP contribution in [0.15, 0.2) is 41.8 Å². The average molecular weight is 283 g/mol. The second-order valence-corrected chi connectivity index (χ2v) is 4.56. The van der Waals surface area contributed by atoms with Crippen LogP contribution in [0.3, 0.4) is 0 Å². The smallest absolute Gasteiger partial charge is 0.271 e. The Morgan fingerprint density at radius 2 is 1.95 bits per heavy atom. The van der Waals surface area contributed by atoms with Gasteiger partial charge < -0.3 is 4.74 Å². The molecule has 108 valence electrons. The maximum absolute atomic E-state index is 11.8. The number of carbonyl (C=O) groups is 1. The number of ether oxygens (including phenoxy) is 1. The van der Waals surface area contributed by atoms with E-state index in [2.05, 4.69) is 15.5 Å². The number of nitrogens with zero attached hydrogens (tertiary/aromatic N) is 2. The first kappa shape index (κ1) is 14.7. The Morgan fingerprint density at radius 3 is 2.62 bits per heavy atom. The molecule has 0 aliphatic rings. The fraction of sp³-hybridized carbons (Fsp3) is 0.188. The highest BCUT2D eigenvalue weighted by Crippen LogP contribution is 2.24. The van der Waals surface area contributed by atoms with Gasteiger partial charge in [0.05, 0.1) is 13.3 Å². The highest BCUT2D eigenvalue weighted by Gasteiger charge is 2.06. The van der Waals surface area contributed by atoms with Crippen LogP contribution in [0.1, 0.15) is 27.0 Å². The summed E-state index contributed by atoms with van der Waals surface area (Å²) in [6.07, 6.45) is 4.73. The van der Waals surface area contributed by atoms with Crippen molar-refractivity contribution in [2.45, 2.75) is 13.8 Å². The van der Waals surface area contributed by atoms with Gasteiger partial charge in [-0.05, 0) is 31.5 Å². The maximum atomic E-state index is 11.8. The van der Waals surface area contributed by atoms with Crippen LogP contribution in [0.2, 0.25) is 0 Å². The van der Waals surface area contributed by atoms with Gasteiger partial charge in [-0.3, -0.25) is 9.78 Å². The molecule has 1 amide bonds. The van der Waals surface area contributed by atoms with Gasteiger partial charge in [-0.2, -0.15) is 5.10 Å². The van der Waals surface area contributed by atoms with E-state index in [4.69, 9.17) is 4.74 Å². The van der Waals surface area contributed by atoms with Crippen molar-refractivity contribution < 1.29 is 9.53 Å². The number of benzene rings is 1. The maximum Gasteiger partial charge on any atom is 0.271 e. The van der Waals surface area contributed by atoms with Crippen LogP contribution in [0.5, 0.6) is 5.75 Å². The Morgan fingerprint density at radius 1 is 1.24 bits per heavy atom. The van der Waals surface area contributed by atoms with Gasteiger partial charge in [-0.25, -0.2) is 5.43 Å². The highest BCUT2D eigenvalue weighted by atomic mass is 16.5. The molecule has 0 unspecified atom stereocenters. The molecule has 1 aromatic carbocycles. The summed E-state index contributed by atoms with van der Waals surface area (Å²) in [7, 11) is 1.64. The molecule has 0 aliphatic heterocycles. The van der Waals surface area contributed by atoms with Crippen molar-refractivity contribution >= 4 is 12.1 Å². The Bertz CT molecular complexity index is 667. The van der Waals surface area contributed by atoms with Crippen molar-refractivity contribution in [1.29, 1.82) is 0 Å². The lowest BCUT2D eigenvalue weighted by atomic mass is 10.0. The minimum Gasteiger partial charge on any atom is -0.496 e. The molecule has 0 saturated carbocycles. The Kier molecular flexibility index (Phi) is 4.66. The van der Waals surface area contributed by atoms with E-state index in [0.717, 1.165) is 22.4 Å². The SMILES string of the molecule is COc1c(C)ccc(C=NNC(=O)c2ccncc2)c1C. The van der Waals surface area contributed by atoms with Crippen molar-refractivity contribution in [2.24, 2.45) is 5.10 Å². The summed E-state index contributed by atoms with van der Waals surface area (Å²) in [5.41, 5.74) is 5.95. The molecule has 0 aliphatic carbocycles. The number of pyridine rings is 1. The van der Waals surface area contributed by atoms with Crippen molar-refractivity contribution in [3.63, 3.8) is 0 Å². The van der Waals surface area contributed by atoms with E-state index < -0.39 is 0 Å². The summed E-state index contributed by atoms with van der Waals surface area (Å²) in [4.78, 5) is 15.7. The topological polar surface area (TPSA) is 63.6 Å². The van der Waals surface area contributed by atoms with E-state index in [1.807, 2.05) is 26.0 Å². The molecule has 1 N–H and O–H groups in total. The minimum absolute atomic E-state index is 0.273. The van der Waals surface area contributed by atoms with E-state index in [1.165, 1.54) is 0 Å². The summed E-state index contributed by atoms with van der Waals surface area (Å²) in [5.74, 6) is 0.560. The van der Waals surface area contributed by atoms with Gasteiger partial charge in [0, 0.05) is 29.1 Å². The Hall–Kier alpha value is -2.69. The first-order valence-electron chi connectivity index (χ1n) is 6.51. The molecule has 5 nitrogen and oxygen atoms in total. The third kappa shape index (κ3) is 3.45. The average Bonchev–Trinajstić information content (AvgIpc) is 2.51. The van der Waals surface area contributed by atoms with Crippen LogP contribution < -0.4 is 10.2 Å². The molecule has 1 heterocycles. The summed E-state index contributed by atoms with van der Waals surface area (Å²) < 4.78 is 5.36. The van der Waals surface area contributed by atoms with Crippen LogP contribution >= 0.6 is 0 Å². The molecule has 21 heavy (non-hydrogen) atoms. The van der Waals surface area contributed by atoms with Gasteiger partial charge in [0.2, 0.25) is 0 Å². The molecule has 1 aromatic heterocycles. The van der Waals surface area contributed by atoms with Crippen LogP contribution in [0.4, 0.5) is 0 Å². The number of aryl methyl sites for hydroxylation is 1. The summed E-state index contributed by atoms with van der Waals surface area (Å²) in [5, 5.41) is 3.98. The van der Waals surface area contributed by atoms with Crippen LogP contribution in [0.25, 0.3) is 0 Å². The number of nitrogens with one attached hydrogen (secondary N) is 1. The van der Waals surface area contributed by atoms with E-state index in [-0.39, 0.29) is 5.91 Å². The van der Waals surface area contributed by atoms with E-state index in [1.54, 1.807) is 37.9 Å². The van der Waals surface area contributed by atoms with E-state index >= 15 is 0 Å². The number of hydrogen-bond acceptors (Lipinski definition) is 4. The van der Waals surface area contributed by atoms with Crippen molar-refractivity contribution in [3.8, 4) is 5.75 Å². The predicted molar refractivity (Wildman–Crippen MR) is 81.8 cm³/mol. The molecule has 0 spiro atoms. The standard InChI is InChI=1S/C16H17N3O2/c1-11-4-5-14(12(2)15(11)21-3)10-18-19-16(20)13-6-8-17-9-7-13/h4-10H,1-3H3,(H,19,20). The van der Waals surface area contributed by atoms with Crippen LogP contribution in [-0.2, 0) is 0 Å². The predicted octanol–water partition coefficient (Wildman–Crippen LogP) is 2.47. The second kappa shape index (κ2) is 6.65. The molecular formula is C16H17N3O2. The molecule has 0 atom stereocenters. The molecule has 5 heteroatoms. The number of rotatable bonds is 4. The van der Waals surface area contributed by atoms with Gasteiger partial charge in [0.25, 0.3) is 5.91 Å². The molecule has 0 bridgehead atoms. The lowest BCUT2D eigenvalue weighted by molar-refractivity contribution is 0.0955. The number of aromatic nitrogens is 1. The lowest BCUT2D eigenvalue weighted by Gasteiger charge is -2.10. The lowest BCUT2D eigenvalue weighted by Crippen LogP contribution is -2.17. The largest absolute Gasteiger partial charge is 0.496 e. The monoisotopic (exact) mass is 283 g/mol. The number of methoxy groups -OCH3 is 1. The van der Waals surface area contributed by atoms with Crippen molar-refractivity contribution in [1.82, 2.24) is 10.4 Å². The van der Waals surface area contributed by atoms with Gasteiger partial charge in [-0.15, -0.1) is 0 Å². The summed E-state index contributed by atoms with van der Waals surface area (Å²) in [6, 6.07) is 7.16. The molecular weight excluding hydrogens is 266 g/mol. The highest BCUT2D eigenvalue weighted by molar-refractivity contribution is 5.94. The molecule has 0 saturated heterocycles. The van der Waals surface area contributed by atoms with Gasteiger partial charge >= 0.3 is 0 Å². The fourth-order valence-electron chi connectivity index (χ4n) is 2.02. The van der Waals surface area contributed by atoms with Gasteiger partial charge in [-0.1, -0.05) is 12.1 Å². The third-order valence-electron chi connectivity index (χ3n) is 3.16. The summed E-state index contributed by atoms with van der Waals surface area (Å²) in [6.45, 7) is 3.94. The van der Waals surface area contributed by atoms with Crippen LogP contribution in [0, 0.1) is 13.8 Å². The zero-order chi connectivity index (χ0) is 15.2. The van der Waals surface area contributed by atoms with Crippen molar-refractivity contribution in [2.75, 3.05) is 7.11 Å².